The van der Waals surface area contributed by atoms with E-state index in [1.165, 1.54) is 12.1 Å². The van der Waals surface area contributed by atoms with E-state index in [1.54, 1.807) is 6.07 Å². The SMILES string of the molecule is N#Cc1cc(F)ccc1N1CCCC(c2ncc(-c3ccccc3)[nH]2)C1. The van der Waals surface area contributed by atoms with Gasteiger partial charge in [0.2, 0.25) is 0 Å². The summed E-state index contributed by atoms with van der Waals surface area (Å²) in [6.07, 6.45) is 3.93. The Morgan fingerprint density at radius 3 is 2.85 bits per heavy atom. The van der Waals surface area contributed by atoms with Gasteiger partial charge in [-0.2, -0.15) is 5.26 Å². The van der Waals surface area contributed by atoms with Crippen LogP contribution in [0.15, 0.2) is 54.7 Å². The Morgan fingerprint density at radius 1 is 1.19 bits per heavy atom. The molecular formula is C21H19FN4. The molecular weight excluding hydrogens is 327 g/mol. The average molecular weight is 346 g/mol. The van der Waals surface area contributed by atoms with Crippen molar-refractivity contribution in [3.63, 3.8) is 0 Å². The molecule has 26 heavy (non-hydrogen) atoms. The number of piperidine rings is 1. The lowest BCUT2D eigenvalue weighted by molar-refractivity contribution is 0.494. The monoisotopic (exact) mass is 346 g/mol. The van der Waals surface area contributed by atoms with E-state index < -0.39 is 0 Å². The smallest absolute Gasteiger partial charge is 0.124 e. The number of rotatable bonds is 3. The number of aromatic amines is 1. The third-order valence-corrected chi connectivity index (χ3v) is 4.91. The maximum absolute atomic E-state index is 13.4. The summed E-state index contributed by atoms with van der Waals surface area (Å²) in [6.45, 7) is 1.63. The van der Waals surface area contributed by atoms with E-state index in [2.05, 4.69) is 33.1 Å². The molecule has 2 aromatic carbocycles. The Hall–Kier alpha value is -3.13. The van der Waals surface area contributed by atoms with Crippen molar-refractivity contribution >= 4 is 5.69 Å². The zero-order valence-corrected chi connectivity index (χ0v) is 14.3. The molecule has 2 heterocycles. The van der Waals surface area contributed by atoms with Crippen molar-refractivity contribution < 1.29 is 4.39 Å². The predicted octanol–water partition coefficient (Wildman–Crippen LogP) is 4.47. The Morgan fingerprint density at radius 2 is 2.04 bits per heavy atom. The lowest BCUT2D eigenvalue weighted by Crippen LogP contribution is -2.35. The zero-order chi connectivity index (χ0) is 17.9. The molecule has 1 saturated heterocycles. The Kier molecular flexibility index (Phi) is 4.40. The van der Waals surface area contributed by atoms with E-state index in [0.29, 0.717) is 5.56 Å². The second-order valence-electron chi connectivity index (χ2n) is 6.61. The molecule has 3 aromatic rings. The van der Waals surface area contributed by atoms with E-state index in [4.69, 9.17) is 0 Å². The number of nitrogens with one attached hydrogen (secondary N) is 1. The van der Waals surface area contributed by atoms with Gasteiger partial charge in [-0.3, -0.25) is 0 Å². The molecule has 0 bridgehead atoms. The average Bonchev–Trinajstić information content (AvgIpc) is 3.19. The molecule has 0 aliphatic carbocycles. The standard InChI is InChI=1S/C21H19FN4/c22-18-8-9-20(17(11-18)12-23)26-10-4-7-16(14-26)21-24-13-19(25-21)15-5-2-1-3-6-15/h1-3,5-6,8-9,11,13,16H,4,7,10,14H2,(H,24,25). The number of anilines is 1. The number of nitrogens with zero attached hydrogens (tertiary/aromatic N) is 3. The maximum atomic E-state index is 13.4. The Bertz CT molecular complexity index is 942. The lowest BCUT2D eigenvalue weighted by atomic mass is 9.96. The van der Waals surface area contributed by atoms with E-state index in [9.17, 15) is 9.65 Å². The van der Waals surface area contributed by atoms with Gasteiger partial charge in [0.25, 0.3) is 0 Å². The van der Waals surface area contributed by atoms with Crippen LogP contribution in [0.25, 0.3) is 11.3 Å². The molecule has 0 spiro atoms. The number of nitriles is 1. The minimum atomic E-state index is -0.377. The third-order valence-electron chi connectivity index (χ3n) is 4.91. The molecule has 0 radical (unpaired) electrons. The third kappa shape index (κ3) is 3.18. The summed E-state index contributed by atoms with van der Waals surface area (Å²) in [5, 5.41) is 9.32. The Labute approximate surface area is 151 Å². The van der Waals surface area contributed by atoms with Gasteiger partial charge in [-0.25, -0.2) is 9.37 Å². The highest BCUT2D eigenvalue weighted by molar-refractivity contribution is 5.60. The second kappa shape index (κ2) is 7.01. The van der Waals surface area contributed by atoms with Gasteiger partial charge in [0.15, 0.2) is 0 Å². The number of halogens is 1. The highest BCUT2D eigenvalue weighted by Crippen LogP contribution is 2.31. The Balaban J connectivity index is 1.56. The van der Waals surface area contributed by atoms with Crippen LogP contribution in [-0.2, 0) is 0 Å². The molecule has 4 rings (SSSR count). The van der Waals surface area contributed by atoms with Crippen molar-refractivity contribution in [2.45, 2.75) is 18.8 Å². The molecule has 130 valence electrons. The van der Waals surface area contributed by atoms with E-state index in [1.807, 2.05) is 24.4 Å². The number of H-pyrrole nitrogens is 1. The van der Waals surface area contributed by atoms with E-state index in [0.717, 1.165) is 48.7 Å². The number of imidazole rings is 1. The van der Waals surface area contributed by atoms with Crippen LogP contribution < -0.4 is 4.90 Å². The van der Waals surface area contributed by atoms with Gasteiger partial charge >= 0.3 is 0 Å². The fraction of sp³-hybridized carbons (Fsp3) is 0.238. The predicted molar refractivity (Wildman–Crippen MR) is 99.3 cm³/mol. The molecule has 1 aromatic heterocycles. The van der Waals surface area contributed by atoms with Gasteiger partial charge in [0.1, 0.15) is 17.7 Å². The number of hydrogen-bond acceptors (Lipinski definition) is 3. The van der Waals surface area contributed by atoms with E-state index >= 15 is 0 Å². The molecule has 5 heteroatoms. The molecule has 1 aliphatic rings. The second-order valence-corrected chi connectivity index (χ2v) is 6.61. The molecule has 1 atom stereocenters. The fourth-order valence-electron chi connectivity index (χ4n) is 3.60. The maximum Gasteiger partial charge on any atom is 0.124 e. The lowest BCUT2D eigenvalue weighted by Gasteiger charge is -2.34. The van der Waals surface area contributed by atoms with Gasteiger partial charge in [-0.15, -0.1) is 0 Å². The van der Waals surface area contributed by atoms with Gasteiger partial charge in [-0.05, 0) is 36.6 Å². The molecule has 1 fully saturated rings. The van der Waals surface area contributed by atoms with Crippen molar-refractivity contribution in [1.82, 2.24) is 9.97 Å². The zero-order valence-electron chi connectivity index (χ0n) is 14.3. The van der Waals surface area contributed by atoms with Gasteiger partial charge in [-0.1, -0.05) is 30.3 Å². The van der Waals surface area contributed by atoms with Crippen molar-refractivity contribution in [2.75, 3.05) is 18.0 Å². The minimum absolute atomic E-state index is 0.262. The fourth-order valence-corrected chi connectivity index (χ4v) is 3.60. The quantitative estimate of drug-likeness (QED) is 0.761. The van der Waals surface area contributed by atoms with Crippen LogP contribution in [0.4, 0.5) is 10.1 Å². The summed E-state index contributed by atoms with van der Waals surface area (Å²) in [4.78, 5) is 10.2. The van der Waals surface area contributed by atoms with Crippen molar-refractivity contribution in [2.24, 2.45) is 0 Å². The first-order chi connectivity index (χ1) is 12.7. The molecule has 1 N–H and O–H groups in total. The molecule has 0 amide bonds. The summed E-state index contributed by atoms with van der Waals surface area (Å²) in [7, 11) is 0. The van der Waals surface area contributed by atoms with E-state index in [-0.39, 0.29) is 11.7 Å². The van der Waals surface area contributed by atoms with Crippen LogP contribution in [0.1, 0.15) is 30.1 Å². The molecule has 4 nitrogen and oxygen atoms in total. The molecule has 0 saturated carbocycles. The van der Waals surface area contributed by atoms with Crippen LogP contribution in [0.3, 0.4) is 0 Å². The van der Waals surface area contributed by atoms with Gasteiger partial charge < -0.3 is 9.88 Å². The largest absolute Gasteiger partial charge is 0.370 e. The van der Waals surface area contributed by atoms with Gasteiger partial charge in [0.05, 0.1) is 23.1 Å². The number of hydrogen-bond donors (Lipinski definition) is 1. The first-order valence-electron chi connectivity index (χ1n) is 8.79. The summed E-state index contributed by atoms with van der Waals surface area (Å²) in [6, 6.07) is 16.7. The van der Waals surface area contributed by atoms with Crippen LogP contribution >= 0.6 is 0 Å². The van der Waals surface area contributed by atoms with Crippen molar-refractivity contribution in [3.8, 4) is 17.3 Å². The molecule has 1 aliphatic heterocycles. The minimum Gasteiger partial charge on any atom is -0.370 e. The summed E-state index contributed by atoms with van der Waals surface area (Å²) in [5.74, 6) is 0.851. The normalized spacial score (nSPS) is 17.1. The van der Waals surface area contributed by atoms with Gasteiger partial charge in [0, 0.05) is 19.0 Å². The first kappa shape index (κ1) is 16.3. The number of aromatic nitrogens is 2. The molecule has 1 unspecified atom stereocenters. The summed E-state index contributed by atoms with van der Waals surface area (Å²) in [5.41, 5.74) is 3.31. The van der Waals surface area contributed by atoms with Crippen LogP contribution in [0.2, 0.25) is 0 Å². The van der Waals surface area contributed by atoms with Crippen molar-refractivity contribution in [1.29, 1.82) is 5.26 Å². The van der Waals surface area contributed by atoms with Crippen LogP contribution in [0.5, 0.6) is 0 Å². The first-order valence-corrected chi connectivity index (χ1v) is 8.79. The summed E-state index contributed by atoms with van der Waals surface area (Å²) < 4.78 is 13.4. The summed E-state index contributed by atoms with van der Waals surface area (Å²) >= 11 is 0. The highest BCUT2D eigenvalue weighted by atomic mass is 19.1. The topological polar surface area (TPSA) is 55.7 Å². The highest BCUT2D eigenvalue weighted by Gasteiger charge is 2.25. The number of benzene rings is 2. The van der Waals surface area contributed by atoms with Crippen LogP contribution in [0, 0.1) is 17.1 Å². The van der Waals surface area contributed by atoms with Crippen molar-refractivity contribution in [3.05, 3.63) is 71.9 Å². The van der Waals surface area contributed by atoms with Crippen LogP contribution in [-0.4, -0.2) is 23.1 Å².